The highest BCUT2D eigenvalue weighted by Gasteiger charge is 2.25. The number of halogens is 3. The van der Waals surface area contributed by atoms with Crippen LogP contribution in [0.2, 0.25) is 0 Å². The Morgan fingerprint density at radius 3 is 2.69 bits per heavy atom. The van der Waals surface area contributed by atoms with E-state index in [0.717, 1.165) is 13.2 Å². The molecule has 0 saturated heterocycles. The van der Waals surface area contributed by atoms with E-state index in [9.17, 15) is 18.9 Å². The van der Waals surface area contributed by atoms with Crippen molar-refractivity contribution in [2.24, 2.45) is 0 Å². The largest absolute Gasteiger partial charge is 0.476 e. The molecule has 0 N–H and O–H groups in total. The van der Waals surface area contributed by atoms with Crippen molar-refractivity contribution in [2.75, 3.05) is 7.11 Å². The fourth-order valence-corrected chi connectivity index (χ4v) is 1.57. The Kier molecular flexibility index (Phi) is 4.11. The molecule has 0 saturated carbocycles. The van der Waals surface area contributed by atoms with E-state index in [1.807, 2.05) is 0 Å². The van der Waals surface area contributed by atoms with Crippen molar-refractivity contribution in [1.82, 2.24) is 4.98 Å². The van der Waals surface area contributed by atoms with Gasteiger partial charge in [-0.1, -0.05) is 15.9 Å². The Bertz CT molecular complexity index is 389. The molecule has 0 spiro atoms. The van der Waals surface area contributed by atoms with Gasteiger partial charge in [-0.3, -0.25) is 10.1 Å². The monoisotopic (exact) mass is 296 g/mol. The highest BCUT2D eigenvalue weighted by Crippen LogP contribution is 2.33. The van der Waals surface area contributed by atoms with Gasteiger partial charge in [0.05, 0.1) is 12.0 Å². The van der Waals surface area contributed by atoms with Gasteiger partial charge in [-0.25, -0.2) is 13.8 Å². The quantitative estimate of drug-likeness (QED) is 0.487. The third-order valence-electron chi connectivity index (χ3n) is 1.80. The Labute approximate surface area is 97.7 Å². The van der Waals surface area contributed by atoms with Crippen LogP contribution in [0.3, 0.4) is 0 Å². The van der Waals surface area contributed by atoms with Crippen molar-refractivity contribution in [3.05, 3.63) is 27.4 Å². The van der Waals surface area contributed by atoms with E-state index in [2.05, 4.69) is 25.7 Å². The van der Waals surface area contributed by atoms with Gasteiger partial charge in [-0.2, -0.15) is 0 Å². The zero-order chi connectivity index (χ0) is 12.3. The molecule has 1 rings (SSSR count). The summed E-state index contributed by atoms with van der Waals surface area (Å²) in [6.45, 7) is 0. The summed E-state index contributed by atoms with van der Waals surface area (Å²) in [6, 6.07) is 0.986. The molecule has 16 heavy (non-hydrogen) atoms. The molecule has 0 aliphatic heterocycles. The van der Waals surface area contributed by atoms with Gasteiger partial charge in [0.1, 0.15) is 5.69 Å². The first-order valence-corrected chi connectivity index (χ1v) is 5.19. The fraction of sp³-hybridized carbons (Fsp3) is 0.375. The van der Waals surface area contributed by atoms with Crippen LogP contribution in [-0.4, -0.2) is 17.0 Å². The second-order valence-corrected chi connectivity index (χ2v) is 3.32. The maximum Gasteiger partial charge on any atom is 0.334 e. The number of alkyl halides is 3. The van der Waals surface area contributed by atoms with Gasteiger partial charge in [0, 0.05) is 10.9 Å². The van der Waals surface area contributed by atoms with Crippen LogP contribution in [0.15, 0.2) is 6.07 Å². The number of nitro groups is 1. The molecule has 5 nitrogen and oxygen atoms in total. The number of methoxy groups -OCH3 is 1. The molecule has 0 unspecified atom stereocenters. The Morgan fingerprint density at radius 1 is 1.69 bits per heavy atom. The van der Waals surface area contributed by atoms with E-state index in [-0.39, 0.29) is 10.9 Å². The molecule has 0 amide bonds. The van der Waals surface area contributed by atoms with Crippen LogP contribution in [-0.2, 0) is 5.33 Å². The highest BCUT2D eigenvalue weighted by atomic mass is 79.9. The number of rotatable bonds is 4. The Hall–Kier alpha value is -1.31. The molecule has 0 fully saturated rings. The van der Waals surface area contributed by atoms with Gasteiger partial charge < -0.3 is 4.74 Å². The topological polar surface area (TPSA) is 65.3 Å². The summed E-state index contributed by atoms with van der Waals surface area (Å²) in [4.78, 5) is 13.4. The summed E-state index contributed by atoms with van der Waals surface area (Å²) in [5.41, 5.74) is -0.840. The van der Waals surface area contributed by atoms with Crippen molar-refractivity contribution in [3.8, 4) is 5.88 Å². The summed E-state index contributed by atoms with van der Waals surface area (Å²) in [7, 11) is 1.14. The predicted octanol–water partition coefficient (Wildman–Crippen LogP) is 2.83. The summed E-state index contributed by atoms with van der Waals surface area (Å²) in [6.07, 6.45) is -2.80. The molecular formula is C8H7BrF2N2O3. The molecule has 8 heteroatoms. The number of pyridine rings is 1. The minimum Gasteiger partial charge on any atom is -0.476 e. The summed E-state index contributed by atoms with van der Waals surface area (Å²) in [5.74, 6) is -0.405. The highest BCUT2D eigenvalue weighted by molar-refractivity contribution is 9.08. The molecular weight excluding hydrogens is 290 g/mol. The third-order valence-corrected chi connectivity index (χ3v) is 2.41. The SMILES string of the molecule is COc1nc(C(F)F)cc(CBr)c1[N+](=O)[O-]. The minimum atomic E-state index is -2.80. The van der Waals surface area contributed by atoms with Crippen LogP contribution in [0.25, 0.3) is 0 Å². The second kappa shape index (κ2) is 5.15. The van der Waals surface area contributed by atoms with Crippen molar-refractivity contribution >= 4 is 21.6 Å². The fourth-order valence-electron chi connectivity index (χ4n) is 1.14. The van der Waals surface area contributed by atoms with E-state index in [0.29, 0.717) is 0 Å². The van der Waals surface area contributed by atoms with E-state index >= 15 is 0 Å². The lowest BCUT2D eigenvalue weighted by Crippen LogP contribution is -2.03. The average molecular weight is 297 g/mol. The molecule has 0 bridgehead atoms. The van der Waals surface area contributed by atoms with Gasteiger partial charge in [-0.15, -0.1) is 0 Å². The number of hydrogen-bond donors (Lipinski definition) is 0. The lowest BCUT2D eigenvalue weighted by Gasteiger charge is -2.07. The first-order valence-electron chi connectivity index (χ1n) is 4.07. The van der Waals surface area contributed by atoms with Crippen LogP contribution in [0, 0.1) is 10.1 Å². The molecule has 0 aliphatic rings. The number of hydrogen-bond acceptors (Lipinski definition) is 4. The standard InChI is InChI=1S/C8H7BrF2N2O3/c1-16-8-6(13(14)15)4(3-9)2-5(12-8)7(10)11/h2,7H,3H2,1H3. The van der Waals surface area contributed by atoms with Gasteiger partial charge in [0.25, 0.3) is 12.3 Å². The van der Waals surface area contributed by atoms with Crippen molar-refractivity contribution < 1.29 is 18.4 Å². The Balaban J connectivity index is 3.43. The molecule has 0 atom stereocenters. The smallest absolute Gasteiger partial charge is 0.334 e. The zero-order valence-electron chi connectivity index (χ0n) is 8.11. The van der Waals surface area contributed by atoms with Crippen LogP contribution in [0.5, 0.6) is 5.88 Å². The van der Waals surface area contributed by atoms with Gasteiger partial charge in [-0.05, 0) is 6.07 Å². The van der Waals surface area contributed by atoms with Gasteiger partial charge in [0.2, 0.25) is 0 Å². The van der Waals surface area contributed by atoms with E-state index in [4.69, 9.17) is 0 Å². The summed E-state index contributed by atoms with van der Waals surface area (Å²) in [5, 5.41) is 10.8. The van der Waals surface area contributed by atoms with Crippen LogP contribution < -0.4 is 4.74 Å². The third kappa shape index (κ3) is 2.43. The van der Waals surface area contributed by atoms with Crippen molar-refractivity contribution in [3.63, 3.8) is 0 Å². The van der Waals surface area contributed by atoms with Crippen molar-refractivity contribution in [2.45, 2.75) is 11.8 Å². The number of ether oxygens (including phenoxy) is 1. The van der Waals surface area contributed by atoms with Crippen LogP contribution >= 0.6 is 15.9 Å². The lowest BCUT2D eigenvalue weighted by atomic mass is 10.2. The number of nitrogens with zero attached hydrogens (tertiary/aromatic N) is 2. The molecule has 0 aromatic carbocycles. The Morgan fingerprint density at radius 2 is 2.31 bits per heavy atom. The van der Waals surface area contributed by atoms with E-state index in [1.165, 1.54) is 0 Å². The molecule has 0 aliphatic carbocycles. The zero-order valence-corrected chi connectivity index (χ0v) is 9.70. The normalized spacial score (nSPS) is 10.6. The van der Waals surface area contributed by atoms with Crippen LogP contribution in [0.4, 0.5) is 14.5 Å². The first-order chi connectivity index (χ1) is 7.51. The summed E-state index contributed by atoms with van der Waals surface area (Å²) >= 11 is 2.99. The van der Waals surface area contributed by atoms with E-state index in [1.54, 1.807) is 0 Å². The lowest BCUT2D eigenvalue weighted by molar-refractivity contribution is -0.386. The first kappa shape index (κ1) is 12.8. The molecule has 1 aromatic rings. The van der Waals surface area contributed by atoms with Crippen molar-refractivity contribution in [1.29, 1.82) is 0 Å². The molecule has 88 valence electrons. The molecule has 1 aromatic heterocycles. The maximum absolute atomic E-state index is 12.4. The average Bonchev–Trinajstić information content (AvgIpc) is 2.26. The molecule has 1 heterocycles. The van der Waals surface area contributed by atoms with E-state index < -0.39 is 28.6 Å². The molecule has 0 radical (unpaired) electrons. The maximum atomic E-state index is 12.4. The van der Waals surface area contributed by atoms with Crippen LogP contribution in [0.1, 0.15) is 17.7 Å². The second-order valence-electron chi connectivity index (χ2n) is 2.76. The van der Waals surface area contributed by atoms with Gasteiger partial charge >= 0.3 is 5.69 Å². The minimum absolute atomic E-state index is 0.0713. The predicted molar refractivity (Wildman–Crippen MR) is 55.0 cm³/mol. The number of aromatic nitrogens is 1. The summed E-state index contributed by atoms with van der Waals surface area (Å²) < 4.78 is 29.5. The van der Waals surface area contributed by atoms with Gasteiger partial charge in [0.15, 0.2) is 0 Å².